The van der Waals surface area contributed by atoms with Gasteiger partial charge in [-0.3, -0.25) is 4.79 Å². The average molecular weight is 341 g/mol. The second kappa shape index (κ2) is 6.80. The number of nitrogens with one attached hydrogen (secondary N) is 1. The van der Waals surface area contributed by atoms with Crippen molar-refractivity contribution in [2.24, 2.45) is 5.92 Å². The normalized spacial score (nSPS) is 17.5. The van der Waals surface area contributed by atoms with Crippen LogP contribution in [0.15, 0.2) is 84.9 Å². The third kappa shape index (κ3) is 2.92. The van der Waals surface area contributed by atoms with Gasteiger partial charge in [-0.05, 0) is 41.7 Å². The Kier molecular flexibility index (Phi) is 4.34. The SMILES string of the molecule is CCc1ccc(NC(=O)[C@H]2CC2(c2ccccc2)c2ccccc2)cc1. The van der Waals surface area contributed by atoms with Crippen LogP contribution in [0.3, 0.4) is 0 Å². The molecule has 1 saturated carbocycles. The first-order valence-electron chi connectivity index (χ1n) is 9.25. The van der Waals surface area contributed by atoms with Crippen molar-refractivity contribution in [2.75, 3.05) is 5.32 Å². The summed E-state index contributed by atoms with van der Waals surface area (Å²) in [4.78, 5) is 13.0. The van der Waals surface area contributed by atoms with Crippen molar-refractivity contribution in [1.29, 1.82) is 0 Å². The molecule has 0 bridgehead atoms. The minimum Gasteiger partial charge on any atom is -0.326 e. The van der Waals surface area contributed by atoms with Gasteiger partial charge in [-0.2, -0.15) is 0 Å². The summed E-state index contributed by atoms with van der Waals surface area (Å²) in [7, 11) is 0. The Hall–Kier alpha value is -2.87. The van der Waals surface area contributed by atoms with Crippen molar-refractivity contribution >= 4 is 11.6 Å². The molecule has 1 atom stereocenters. The zero-order valence-electron chi connectivity index (χ0n) is 15.0. The molecule has 26 heavy (non-hydrogen) atoms. The summed E-state index contributed by atoms with van der Waals surface area (Å²) in [5.41, 5.74) is 4.36. The van der Waals surface area contributed by atoms with E-state index in [0.717, 1.165) is 18.5 Å². The largest absolute Gasteiger partial charge is 0.326 e. The van der Waals surface area contributed by atoms with E-state index in [0.29, 0.717) is 0 Å². The van der Waals surface area contributed by atoms with E-state index >= 15 is 0 Å². The van der Waals surface area contributed by atoms with Crippen molar-refractivity contribution in [3.63, 3.8) is 0 Å². The highest BCUT2D eigenvalue weighted by molar-refractivity contribution is 5.97. The third-order valence-electron chi connectivity index (χ3n) is 5.48. The first-order valence-corrected chi connectivity index (χ1v) is 9.25. The highest BCUT2D eigenvalue weighted by Crippen LogP contribution is 2.59. The molecule has 3 aromatic carbocycles. The van der Waals surface area contributed by atoms with Crippen molar-refractivity contribution < 1.29 is 4.79 Å². The molecule has 2 heteroatoms. The third-order valence-corrected chi connectivity index (χ3v) is 5.48. The number of aryl methyl sites for hydroxylation is 1. The van der Waals surface area contributed by atoms with Gasteiger partial charge >= 0.3 is 0 Å². The van der Waals surface area contributed by atoms with E-state index in [1.165, 1.54) is 16.7 Å². The quantitative estimate of drug-likeness (QED) is 0.679. The summed E-state index contributed by atoms with van der Waals surface area (Å²) in [6, 6.07) is 28.9. The molecule has 0 heterocycles. The highest BCUT2D eigenvalue weighted by Gasteiger charge is 2.60. The van der Waals surface area contributed by atoms with Crippen molar-refractivity contribution in [1.82, 2.24) is 0 Å². The molecule has 1 aliphatic rings. The lowest BCUT2D eigenvalue weighted by Crippen LogP contribution is -2.22. The van der Waals surface area contributed by atoms with Crippen molar-refractivity contribution in [3.05, 3.63) is 102 Å². The maximum Gasteiger partial charge on any atom is 0.228 e. The van der Waals surface area contributed by atoms with Crippen LogP contribution < -0.4 is 5.32 Å². The number of carbonyl (C=O) groups excluding carboxylic acids is 1. The first kappa shape index (κ1) is 16.6. The Bertz CT molecular complexity index is 845. The maximum absolute atomic E-state index is 13.0. The molecule has 0 saturated heterocycles. The molecule has 3 aromatic rings. The molecular formula is C24H23NO. The monoisotopic (exact) mass is 341 g/mol. The van der Waals surface area contributed by atoms with E-state index in [1.54, 1.807) is 0 Å². The van der Waals surface area contributed by atoms with Gasteiger partial charge in [-0.1, -0.05) is 79.7 Å². The van der Waals surface area contributed by atoms with Crippen LogP contribution >= 0.6 is 0 Å². The molecule has 1 amide bonds. The first-order chi connectivity index (χ1) is 12.7. The molecule has 1 N–H and O–H groups in total. The molecule has 0 aliphatic heterocycles. The lowest BCUT2D eigenvalue weighted by atomic mass is 9.85. The van der Waals surface area contributed by atoms with E-state index in [2.05, 4.69) is 72.9 Å². The molecule has 0 radical (unpaired) electrons. The van der Waals surface area contributed by atoms with Crippen LogP contribution in [0.25, 0.3) is 0 Å². The highest BCUT2D eigenvalue weighted by atomic mass is 16.2. The molecule has 130 valence electrons. The van der Waals surface area contributed by atoms with Gasteiger partial charge in [0, 0.05) is 11.1 Å². The smallest absolute Gasteiger partial charge is 0.228 e. The van der Waals surface area contributed by atoms with Gasteiger partial charge in [0.05, 0.1) is 5.92 Å². The molecule has 4 rings (SSSR count). The Labute approximate surface area is 154 Å². The summed E-state index contributed by atoms with van der Waals surface area (Å²) < 4.78 is 0. The number of rotatable bonds is 5. The standard InChI is InChI=1S/C24H23NO/c1-2-18-13-15-21(16-14-18)25-23(26)22-17-24(22,19-9-5-3-6-10-19)20-11-7-4-8-12-20/h3-16,22H,2,17H2,1H3,(H,25,26)/t22-/m1/s1. The molecule has 1 aliphatic carbocycles. The van der Waals surface area contributed by atoms with Crippen LogP contribution in [0.4, 0.5) is 5.69 Å². The van der Waals surface area contributed by atoms with E-state index < -0.39 is 0 Å². The van der Waals surface area contributed by atoms with Crippen LogP contribution in [0.5, 0.6) is 0 Å². The second-order valence-electron chi connectivity index (χ2n) is 7.00. The lowest BCUT2D eigenvalue weighted by molar-refractivity contribution is -0.117. The van der Waals surface area contributed by atoms with Crippen molar-refractivity contribution in [3.8, 4) is 0 Å². The predicted octanol–water partition coefficient (Wildman–Crippen LogP) is 5.19. The topological polar surface area (TPSA) is 29.1 Å². The van der Waals surface area contributed by atoms with Gasteiger partial charge in [-0.15, -0.1) is 0 Å². The van der Waals surface area contributed by atoms with Crippen molar-refractivity contribution in [2.45, 2.75) is 25.2 Å². The fourth-order valence-corrected chi connectivity index (χ4v) is 3.91. The number of hydrogen-bond donors (Lipinski definition) is 1. The fraction of sp³-hybridized carbons (Fsp3) is 0.208. The van der Waals surface area contributed by atoms with Crippen LogP contribution in [-0.4, -0.2) is 5.91 Å². The summed E-state index contributed by atoms with van der Waals surface area (Å²) in [6.45, 7) is 2.13. The zero-order chi connectivity index (χ0) is 18.0. The van der Waals surface area contributed by atoms with Gasteiger partial charge in [0.2, 0.25) is 5.91 Å². The zero-order valence-corrected chi connectivity index (χ0v) is 15.0. The molecule has 0 spiro atoms. The van der Waals surface area contributed by atoms with E-state index in [1.807, 2.05) is 24.3 Å². The Morgan fingerprint density at radius 1 is 0.885 bits per heavy atom. The summed E-state index contributed by atoms with van der Waals surface area (Å²) in [5.74, 6) is 0.0557. The molecular weight excluding hydrogens is 318 g/mol. The van der Waals surface area contributed by atoms with Gasteiger partial charge in [-0.25, -0.2) is 0 Å². The van der Waals surface area contributed by atoms with Gasteiger partial charge < -0.3 is 5.32 Å². The van der Waals surface area contributed by atoms with Gasteiger partial charge in [0.1, 0.15) is 0 Å². The molecule has 0 unspecified atom stereocenters. The summed E-state index contributed by atoms with van der Waals surface area (Å²) in [5, 5.41) is 3.11. The molecule has 0 aromatic heterocycles. The number of carbonyl (C=O) groups is 1. The Morgan fingerprint density at radius 3 is 1.92 bits per heavy atom. The summed E-state index contributed by atoms with van der Waals surface area (Å²) >= 11 is 0. The fourth-order valence-electron chi connectivity index (χ4n) is 3.91. The number of hydrogen-bond acceptors (Lipinski definition) is 1. The van der Waals surface area contributed by atoms with E-state index in [-0.39, 0.29) is 17.2 Å². The lowest BCUT2D eigenvalue weighted by Gasteiger charge is -2.19. The van der Waals surface area contributed by atoms with E-state index in [4.69, 9.17) is 0 Å². The van der Waals surface area contributed by atoms with Crippen LogP contribution in [0, 0.1) is 5.92 Å². The predicted molar refractivity (Wildman–Crippen MR) is 106 cm³/mol. The van der Waals surface area contributed by atoms with Gasteiger partial charge in [0.25, 0.3) is 0 Å². The average Bonchev–Trinajstić information content (AvgIpc) is 3.47. The molecule has 1 fully saturated rings. The minimum atomic E-state index is -0.212. The van der Waals surface area contributed by atoms with Crippen LogP contribution in [0.2, 0.25) is 0 Å². The number of anilines is 1. The Morgan fingerprint density at radius 2 is 1.42 bits per heavy atom. The Balaban J connectivity index is 1.61. The second-order valence-corrected chi connectivity index (χ2v) is 7.00. The minimum absolute atomic E-state index is 0.0434. The van der Waals surface area contributed by atoms with Crippen LogP contribution in [0.1, 0.15) is 30.0 Å². The van der Waals surface area contributed by atoms with E-state index in [9.17, 15) is 4.79 Å². The number of amides is 1. The van der Waals surface area contributed by atoms with Gasteiger partial charge in [0.15, 0.2) is 0 Å². The maximum atomic E-state index is 13.0. The molecule has 2 nitrogen and oxygen atoms in total. The summed E-state index contributed by atoms with van der Waals surface area (Å²) in [6.07, 6.45) is 1.85. The number of benzene rings is 3. The van der Waals surface area contributed by atoms with Crippen LogP contribution in [-0.2, 0) is 16.6 Å².